The average Bonchev–Trinajstić information content (AvgIpc) is 2.39. The molecule has 1 nitrogen and oxygen atoms in total. The zero-order valence-electron chi connectivity index (χ0n) is 10.4. The van der Waals surface area contributed by atoms with Gasteiger partial charge in [0, 0.05) is 10.5 Å². The van der Waals surface area contributed by atoms with E-state index >= 15 is 0 Å². The van der Waals surface area contributed by atoms with E-state index in [0.717, 1.165) is 10.9 Å². The van der Waals surface area contributed by atoms with Crippen LogP contribution in [0.3, 0.4) is 0 Å². The molecule has 0 radical (unpaired) electrons. The van der Waals surface area contributed by atoms with E-state index in [4.69, 9.17) is 0 Å². The summed E-state index contributed by atoms with van der Waals surface area (Å²) in [5.41, 5.74) is 3.00. The number of allylic oxidation sites excluding steroid dienone is 1. The number of nitrogens with one attached hydrogen (secondary N) is 1. The molecule has 0 bridgehead atoms. The molecule has 1 unspecified atom stereocenters. The lowest BCUT2D eigenvalue weighted by Gasteiger charge is -2.23. The zero-order chi connectivity index (χ0) is 12.1. The molecular formula is C15H20BrN. The van der Waals surface area contributed by atoms with Gasteiger partial charge in [0.2, 0.25) is 0 Å². The van der Waals surface area contributed by atoms with Crippen LogP contribution in [-0.4, -0.2) is 13.1 Å². The monoisotopic (exact) mass is 293 g/mol. The van der Waals surface area contributed by atoms with Crippen LogP contribution in [0.1, 0.15) is 31.2 Å². The molecule has 1 aromatic carbocycles. The van der Waals surface area contributed by atoms with E-state index in [-0.39, 0.29) is 0 Å². The van der Waals surface area contributed by atoms with Crippen molar-refractivity contribution in [3.05, 3.63) is 46.0 Å². The Balaban J connectivity index is 2.04. The number of benzene rings is 1. The topological polar surface area (TPSA) is 12.0 Å². The predicted octanol–water partition coefficient (Wildman–Crippen LogP) is 4.08. The Bertz CT molecular complexity index is 380. The first-order valence-electron chi connectivity index (χ1n) is 6.40. The molecule has 17 heavy (non-hydrogen) atoms. The highest BCUT2D eigenvalue weighted by Gasteiger charge is 2.14. The summed E-state index contributed by atoms with van der Waals surface area (Å²) in [5.74, 6) is 0. The summed E-state index contributed by atoms with van der Waals surface area (Å²) in [5, 5.41) is 3.45. The van der Waals surface area contributed by atoms with Crippen molar-refractivity contribution in [1.82, 2.24) is 5.32 Å². The minimum Gasteiger partial charge on any atom is -0.313 e. The molecule has 0 saturated heterocycles. The van der Waals surface area contributed by atoms with Crippen LogP contribution in [0.2, 0.25) is 0 Å². The van der Waals surface area contributed by atoms with E-state index in [2.05, 4.69) is 58.6 Å². The van der Waals surface area contributed by atoms with E-state index in [1.54, 1.807) is 5.57 Å². The second kappa shape index (κ2) is 6.36. The Morgan fingerprint density at radius 1 is 1.24 bits per heavy atom. The highest BCUT2D eigenvalue weighted by atomic mass is 79.9. The maximum absolute atomic E-state index is 3.48. The van der Waals surface area contributed by atoms with E-state index in [1.165, 1.54) is 31.2 Å². The number of hydrogen-bond acceptors (Lipinski definition) is 1. The van der Waals surface area contributed by atoms with Crippen LogP contribution in [0, 0.1) is 0 Å². The summed E-state index contributed by atoms with van der Waals surface area (Å²) in [6.45, 7) is 0. The fourth-order valence-electron chi connectivity index (χ4n) is 2.45. The third-order valence-corrected chi connectivity index (χ3v) is 4.00. The molecule has 0 aliphatic heterocycles. The van der Waals surface area contributed by atoms with Gasteiger partial charge in [0.25, 0.3) is 0 Å². The second-order valence-corrected chi connectivity index (χ2v) is 5.61. The van der Waals surface area contributed by atoms with Crippen molar-refractivity contribution in [2.24, 2.45) is 0 Å². The van der Waals surface area contributed by atoms with Gasteiger partial charge in [0.05, 0.1) is 0 Å². The maximum atomic E-state index is 3.48. The summed E-state index contributed by atoms with van der Waals surface area (Å²) in [4.78, 5) is 0. The van der Waals surface area contributed by atoms with Gasteiger partial charge < -0.3 is 5.32 Å². The molecule has 2 heteroatoms. The highest BCUT2D eigenvalue weighted by Crippen LogP contribution is 2.22. The van der Waals surface area contributed by atoms with Crippen molar-refractivity contribution in [2.45, 2.75) is 38.1 Å². The molecule has 0 spiro atoms. The number of halogens is 1. The van der Waals surface area contributed by atoms with Crippen molar-refractivity contribution in [3.63, 3.8) is 0 Å². The normalized spacial score (nSPS) is 17.6. The van der Waals surface area contributed by atoms with Gasteiger partial charge in [-0.2, -0.15) is 0 Å². The molecule has 2 rings (SSSR count). The molecule has 0 amide bonds. The third kappa shape index (κ3) is 3.68. The Labute approximate surface area is 112 Å². The maximum Gasteiger partial charge on any atom is 0.0317 e. The summed E-state index contributed by atoms with van der Waals surface area (Å²) in [7, 11) is 2.07. The van der Waals surface area contributed by atoms with Crippen LogP contribution in [0.15, 0.2) is 40.4 Å². The van der Waals surface area contributed by atoms with Crippen molar-refractivity contribution in [2.75, 3.05) is 7.05 Å². The van der Waals surface area contributed by atoms with E-state index < -0.39 is 0 Å². The van der Waals surface area contributed by atoms with Gasteiger partial charge in [0.15, 0.2) is 0 Å². The second-order valence-electron chi connectivity index (χ2n) is 4.70. The van der Waals surface area contributed by atoms with Crippen LogP contribution in [-0.2, 0) is 6.42 Å². The van der Waals surface area contributed by atoms with Crippen LogP contribution >= 0.6 is 15.9 Å². The zero-order valence-corrected chi connectivity index (χ0v) is 12.0. The molecule has 92 valence electrons. The smallest absolute Gasteiger partial charge is 0.0317 e. The quantitative estimate of drug-likeness (QED) is 0.825. The van der Waals surface area contributed by atoms with E-state index in [0.29, 0.717) is 6.04 Å². The molecule has 1 aromatic rings. The lowest BCUT2D eigenvalue weighted by atomic mass is 9.90. The summed E-state index contributed by atoms with van der Waals surface area (Å²) in [6, 6.07) is 9.17. The van der Waals surface area contributed by atoms with Crippen molar-refractivity contribution < 1.29 is 0 Å². The highest BCUT2D eigenvalue weighted by molar-refractivity contribution is 9.10. The third-order valence-electron chi connectivity index (χ3n) is 3.48. The standard InChI is InChI=1S/C15H20BrN/c1-17-15(13-5-3-2-4-6-13)11-12-7-9-14(16)10-8-12/h5,7-10,15,17H,2-4,6,11H2,1H3. The molecular weight excluding hydrogens is 274 g/mol. The van der Waals surface area contributed by atoms with Gasteiger partial charge in [0.1, 0.15) is 0 Å². The van der Waals surface area contributed by atoms with Gasteiger partial charge in [-0.3, -0.25) is 0 Å². The molecule has 0 fully saturated rings. The molecule has 0 heterocycles. The Hall–Kier alpha value is -0.600. The van der Waals surface area contributed by atoms with Crippen molar-refractivity contribution in [1.29, 1.82) is 0 Å². The van der Waals surface area contributed by atoms with E-state index in [1.807, 2.05) is 0 Å². The molecule has 1 N–H and O–H groups in total. The van der Waals surface area contributed by atoms with E-state index in [9.17, 15) is 0 Å². The first-order chi connectivity index (χ1) is 8.29. The van der Waals surface area contributed by atoms with Crippen LogP contribution < -0.4 is 5.32 Å². The fourth-order valence-corrected chi connectivity index (χ4v) is 2.72. The van der Waals surface area contributed by atoms with Crippen LogP contribution in [0.25, 0.3) is 0 Å². The molecule has 0 saturated carbocycles. The predicted molar refractivity (Wildman–Crippen MR) is 77.2 cm³/mol. The summed E-state index contributed by atoms with van der Waals surface area (Å²) >= 11 is 3.48. The van der Waals surface area contributed by atoms with Crippen LogP contribution in [0.4, 0.5) is 0 Å². The minimum absolute atomic E-state index is 0.511. The van der Waals surface area contributed by atoms with Crippen LogP contribution in [0.5, 0.6) is 0 Å². The van der Waals surface area contributed by atoms with Gasteiger partial charge in [-0.1, -0.05) is 39.7 Å². The Kier molecular flexibility index (Phi) is 4.81. The van der Waals surface area contributed by atoms with Gasteiger partial charge in [-0.25, -0.2) is 0 Å². The first-order valence-corrected chi connectivity index (χ1v) is 7.19. The number of hydrogen-bond donors (Lipinski definition) is 1. The van der Waals surface area contributed by atoms with Gasteiger partial charge in [-0.05, 0) is 56.8 Å². The van der Waals surface area contributed by atoms with Crippen molar-refractivity contribution in [3.8, 4) is 0 Å². The molecule has 1 aliphatic carbocycles. The number of likely N-dealkylation sites (N-methyl/N-ethyl adjacent to an activating group) is 1. The molecule has 0 aromatic heterocycles. The largest absolute Gasteiger partial charge is 0.313 e. The lowest BCUT2D eigenvalue weighted by molar-refractivity contribution is 0.569. The van der Waals surface area contributed by atoms with Gasteiger partial charge >= 0.3 is 0 Å². The Morgan fingerprint density at radius 2 is 2.00 bits per heavy atom. The first kappa shape index (κ1) is 12.8. The lowest BCUT2D eigenvalue weighted by Crippen LogP contribution is -2.30. The average molecular weight is 294 g/mol. The number of rotatable bonds is 4. The SMILES string of the molecule is CNC(Cc1ccc(Br)cc1)C1=CCCCC1. The Morgan fingerprint density at radius 3 is 2.59 bits per heavy atom. The molecule has 1 atom stereocenters. The summed E-state index contributed by atoms with van der Waals surface area (Å²) in [6.07, 6.45) is 8.76. The summed E-state index contributed by atoms with van der Waals surface area (Å²) < 4.78 is 1.15. The van der Waals surface area contributed by atoms with Crippen molar-refractivity contribution >= 4 is 15.9 Å². The minimum atomic E-state index is 0.511. The molecule has 1 aliphatic rings. The van der Waals surface area contributed by atoms with Gasteiger partial charge in [-0.15, -0.1) is 0 Å². The fraction of sp³-hybridized carbons (Fsp3) is 0.467.